The van der Waals surface area contributed by atoms with Gasteiger partial charge in [-0.25, -0.2) is 9.97 Å². The van der Waals surface area contributed by atoms with E-state index in [-0.39, 0.29) is 29.3 Å². The highest BCUT2D eigenvalue weighted by Crippen LogP contribution is 2.30. The van der Waals surface area contributed by atoms with Crippen molar-refractivity contribution in [1.82, 2.24) is 19.8 Å². The topological polar surface area (TPSA) is 116 Å². The van der Waals surface area contributed by atoms with E-state index in [0.717, 1.165) is 12.1 Å². The Kier molecular flexibility index (Phi) is 10.0. The van der Waals surface area contributed by atoms with Crippen LogP contribution in [0.15, 0.2) is 35.5 Å². The van der Waals surface area contributed by atoms with Crippen LogP contribution in [0.3, 0.4) is 0 Å². The molecule has 1 aromatic heterocycles. The molecule has 1 saturated carbocycles. The predicted molar refractivity (Wildman–Crippen MR) is 164 cm³/mol. The number of piperazine rings is 2. The molecule has 2 saturated heterocycles. The minimum atomic E-state index is -0.410. The minimum Gasteiger partial charge on any atom is -0.368 e. The Morgan fingerprint density at radius 2 is 1.69 bits per heavy atom. The van der Waals surface area contributed by atoms with Crippen LogP contribution in [0.1, 0.15) is 45.4 Å². The van der Waals surface area contributed by atoms with E-state index in [0.29, 0.717) is 74.3 Å². The average molecular weight is 616 g/mol. The first-order valence-corrected chi connectivity index (χ1v) is 16.1. The Morgan fingerprint density at radius 3 is 2.36 bits per heavy atom. The minimum absolute atomic E-state index is 0.00632. The first-order valence-electron chi connectivity index (χ1n) is 14.8. The molecule has 42 heavy (non-hydrogen) atoms. The van der Waals surface area contributed by atoms with Crippen LogP contribution >= 0.6 is 23.4 Å². The molecule has 11 nitrogen and oxygen atoms in total. The van der Waals surface area contributed by atoms with Crippen molar-refractivity contribution >= 4 is 52.4 Å². The standard InChI is InChI=1S/C29H38ClN7O4S/c1-21-19-35(16-17-36(21)27(38)11-6-22-4-2-3-5-22)26-18-25(30)31-29(32-26)42-20-28(39)34-14-12-33(13-15-34)23-7-9-24(10-8-23)37(40)41/h7-10,18,21-22H,2-6,11-17,19-20H2,1H3. The van der Waals surface area contributed by atoms with Gasteiger partial charge in [-0.3, -0.25) is 19.7 Å². The quantitative estimate of drug-likeness (QED) is 0.132. The van der Waals surface area contributed by atoms with E-state index in [4.69, 9.17) is 16.6 Å². The lowest BCUT2D eigenvalue weighted by molar-refractivity contribution is -0.384. The van der Waals surface area contributed by atoms with Gasteiger partial charge >= 0.3 is 0 Å². The highest BCUT2D eigenvalue weighted by atomic mass is 35.5. The van der Waals surface area contributed by atoms with Gasteiger partial charge in [-0.2, -0.15) is 0 Å². The molecular weight excluding hydrogens is 578 g/mol. The van der Waals surface area contributed by atoms with Crippen molar-refractivity contribution in [1.29, 1.82) is 0 Å². The van der Waals surface area contributed by atoms with Crippen molar-refractivity contribution in [2.45, 2.75) is 56.6 Å². The fourth-order valence-electron chi connectivity index (χ4n) is 6.14. The van der Waals surface area contributed by atoms with Crippen molar-refractivity contribution in [2.75, 3.05) is 61.4 Å². The molecule has 0 spiro atoms. The summed E-state index contributed by atoms with van der Waals surface area (Å²) in [6, 6.07) is 8.31. The van der Waals surface area contributed by atoms with Crippen LogP contribution in [-0.2, 0) is 9.59 Å². The van der Waals surface area contributed by atoms with Crippen LogP contribution in [-0.4, -0.2) is 94.1 Å². The van der Waals surface area contributed by atoms with Gasteiger partial charge in [0.05, 0.1) is 10.7 Å². The fourth-order valence-corrected chi connectivity index (χ4v) is 7.12. The normalized spacial score (nSPS) is 19.8. The Morgan fingerprint density at radius 1 is 1.00 bits per heavy atom. The average Bonchev–Trinajstić information content (AvgIpc) is 3.52. The maximum atomic E-state index is 13.0. The van der Waals surface area contributed by atoms with Gasteiger partial charge in [0.15, 0.2) is 5.16 Å². The second-order valence-electron chi connectivity index (χ2n) is 11.3. The summed E-state index contributed by atoms with van der Waals surface area (Å²) in [5.41, 5.74) is 0.971. The second kappa shape index (κ2) is 13.9. The summed E-state index contributed by atoms with van der Waals surface area (Å²) in [6.07, 6.45) is 6.76. The molecule has 3 heterocycles. The Labute approximate surface area is 255 Å². The summed E-state index contributed by atoms with van der Waals surface area (Å²) >= 11 is 7.63. The lowest BCUT2D eigenvalue weighted by Crippen LogP contribution is -2.54. The van der Waals surface area contributed by atoms with E-state index in [2.05, 4.69) is 21.7 Å². The number of non-ortho nitro benzene ring substituents is 1. The summed E-state index contributed by atoms with van der Waals surface area (Å²) in [7, 11) is 0. The van der Waals surface area contributed by atoms with Crippen molar-refractivity contribution in [2.24, 2.45) is 5.92 Å². The van der Waals surface area contributed by atoms with Crippen molar-refractivity contribution in [3.05, 3.63) is 45.6 Å². The molecular formula is C29H38ClN7O4S. The van der Waals surface area contributed by atoms with Crippen LogP contribution in [0, 0.1) is 16.0 Å². The number of aromatic nitrogens is 2. The van der Waals surface area contributed by atoms with Crippen LogP contribution in [0.4, 0.5) is 17.2 Å². The lowest BCUT2D eigenvalue weighted by Gasteiger charge is -2.40. The third kappa shape index (κ3) is 7.63. The summed E-state index contributed by atoms with van der Waals surface area (Å²) < 4.78 is 0. The number of nitrogens with zero attached hydrogens (tertiary/aromatic N) is 7. The number of nitro groups is 1. The van der Waals surface area contributed by atoms with E-state index in [9.17, 15) is 19.7 Å². The molecule has 5 rings (SSSR count). The third-order valence-corrected chi connectivity index (χ3v) is 9.58. The highest BCUT2D eigenvalue weighted by Gasteiger charge is 2.29. The second-order valence-corrected chi connectivity index (χ2v) is 12.7. The number of benzene rings is 1. The molecule has 2 amide bonds. The maximum absolute atomic E-state index is 13.0. The van der Waals surface area contributed by atoms with Crippen LogP contribution in [0.25, 0.3) is 0 Å². The molecule has 226 valence electrons. The van der Waals surface area contributed by atoms with Gasteiger partial charge in [-0.05, 0) is 31.4 Å². The summed E-state index contributed by atoms with van der Waals surface area (Å²) in [4.78, 5) is 53.5. The Balaban J connectivity index is 1.09. The monoisotopic (exact) mass is 615 g/mol. The first kappa shape index (κ1) is 30.3. The molecule has 2 aliphatic heterocycles. The largest absolute Gasteiger partial charge is 0.368 e. The smallest absolute Gasteiger partial charge is 0.269 e. The van der Waals surface area contributed by atoms with Crippen molar-refractivity contribution in [3.8, 4) is 0 Å². The van der Waals surface area contributed by atoms with Gasteiger partial charge in [0, 0.05) is 82.2 Å². The zero-order chi connectivity index (χ0) is 29.6. The predicted octanol–water partition coefficient (Wildman–Crippen LogP) is 4.49. The molecule has 2 aromatic rings. The van der Waals surface area contributed by atoms with Gasteiger partial charge in [-0.15, -0.1) is 0 Å². The van der Waals surface area contributed by atoms with Crippen LogP contribution < -0.4 is 9.80 Å². The molecule has 13 heteroatoms. The Bertz CT molecular complexity index is 1270. The number of carbonyl (C=O) groups excluding carboxylic acids is 2. The van der Waals surface area contributed by atoms with Gasteiger partial charge < -0.3 is 19.6 Å². The maximum Gasteiger partial charge on any atom is 0.269 e. The summed E-state index contributed by atoms with van der Waals surface area (Å²) in [5.74, 6) is 1.89. The number of anilines is 2. The SMILES string of the molecule is CC1CN(c2cc(Cl)nc(SCC(=O)N3CCN(c4ccc([N+](=O)[O-])cc4)CC3)n2)CCN1C(=O)CCC1CCCC1. The van der Waals surface area contributed by atoms with E-state index in [1.807, 2.05) is 9.80 Å². The van der Waals surface area contributed by atoms with Gasteiger partial charge in [0.1, 0.15) is 11.0 Å². The first-order chi connectivity index (χ1) is 20.3. The molecule has 0 radical (unpaired) electrons. The molecule has 3 aliphatic rings. The van der Waals surface area contributed by atoms with Gasteiger partial charge in [0.25, 0.3) is 5.69 Å². The molecule has 3 fully saturated rings. The third-order valence-electron chi connectivity index (χ3n) is 8.56. The number of hydrogen-bond acceptors (Lipinski definition) is 9. The van der Waals surface area contributed by atoms with E-state index in [1.165, 1.54) is 49.6 Å². The van der Waals surface area contributed by atoms with Gasteiger partial charge in [-0.1, -0.05) is 49.0 Å². The molecule has 1 unspecified atom stereocenters. The molecule has 0 bridgehead atoms. The van der Waals surface area contributed by atoms with Crippen molar-refractivity contribution < 1.29 is 14.5 Å². The molecule has 1 aromatic carbocycles. The molecule has 0 N–H and O–H groups in total. The highest BCUT2D eigenvalue weighted by molar-refractivity contribution is 7.99. The van der Waals surface area contributed by atoms with E-state index >= 15 is 0 Å². The number of halogens is 1. The van der Waals surface area contributed by atoms with Crippen LogP contribution in [0.2, 0.25) is 5.15 Å². The van der Waals surface area contributed by atoms with Gasteiger partial charge in [0.2, 0.25) is 11.8 Å². The summed E-state index contributed by atoms with van der Waals surface area (Å²) in [5, 5.41) is 11.7. The lowest BCUT2D eigenvalue weighted by atomic mass is 10.0. The number of thioether (sulfide) groups is 1. The van der Waals surface area contributed by atoms with E-state index in [1.54, 1.807) is 18.2 Å². The fraction of sp³-hybridized carbons (Fsp3) is 0.586. The number of amides is 2. The molecule has 1 aliphatic carbocycles. The molecule has 1 atom stereocenters. The zero-order valence-electron chi connectivity index (χ0n) is 24.0. The number of carbonyl (C=O) groups is 2. The number of rotatable bonds is 9. The number of hydrogen-bond donors (Lipinski definition) is 0. The Hall–Kier alpha value is -3.12. The van der Waals surface area contributed by atoms with Crippen LogP contribution in [0.5, 0.6) is 0 Å². The van der Waals surface area contributed by atoms with E-state index < -0.39 is 4.92 Å². The zero-order valence-corrected chi connectivity index (χ0v) is 25.6. The van der Waals surface area contributed by atoms with Crippen molar-refractivity contribution in [3.63, 3.8) is 0 Å². The number of nitro benzene ring substituents is 1. The summed E-state index contributed by atoms with van der Waals surface area (Å²) in [6.45, 7) is 6.52.